The van der Waals surface area contributed by atoms with E-state index >= 15 is 0 Å². The Morgan fingerprint density at radius 1 is 0.953 bits per heavy atom. The largest absolute Gasteiger partial charge is 0.379 e. The SMILES string of the molecule is O=C(Nc1ccc(N2CCC(Cc3ccccc3)CC2)c(C(=O)NCCN2CCOCC2)c1)c1ccc(Cl)c([N+](=O)[O-])c1. The topological polar surface area (TPSA) is 117 Å². The van der Waals surface area contributed by atoms with Crippen molar-refractivity contribution in [1.82, 2.24) is 10.2 Å². The predicted molar refractivity (Wildman–Crippen MR) is 167 cm³/mol. The molecule has 3 aromatic rings. The van der Waals surface area contributed by atoms with E-state index < -0.39 is 10.8 Å². The molecule has 5 rings (SSSR count). The highest BCUT2D eigenvalue weighted by atomic mass is 35.5. The molecular formula is C32H36ClN5O5. The van der Waals surface area contributed by atoms with Crippen LogP contribution in [0.2, 0.25) is 5.02 Å². The molecule has 2 aliphatic rings. The summed E-state index contributed by atoms with van der Waals surface area (Å²) in [7, 11) is 0. The number of carbonyl (C=O) groups excluding carboxylic acids is 2. The van der Waals surface area contributed by atoms with Gasteiger partial charge in [-0.2, -0.15) is 0 Å². The van der Waals surface area contributed by atoms with Crippen LogP contribution in [-0.2, 0) is 11.2 Å². The Bertz CT molecular complexity index is 1440. The fourth-order valence-electron chi connectivity index (χ4n) is 5.64. The van der Waals surface area contributed by atoms with E-state index in [1.165, 1.54) is 17.7 Å². The zero-order chi connectivity index (χ0) is 30.2. The molecule has 0 saturated carbocycles. The number of piperidine rings is 1. The van der Waals surface area contributed by atoms with Gasteiger partial charge < -0.3 is 20.3 Å². The Labute approximate surface area is 256 Å². The van der Waals surface area contributed by atoms with Crippen LogP contribution in [-0.4, -0.2) is 74.1 Å². The fourth-order valence-corrected chi connectivity index (χ4v) is 5.83. The first-order valence-electron chi connectivity index (χ1n) is 14.6. The van der Waals surface area contributed by atoms with Gasteiger partial charge in [0.1, 0.15) is 5.02 Å². The molecule has 3 aromatic carbocycles. The minimum Gasteiger partial charge on any atom is -0.379 e. The average molecular weight is 606 g/mol. The molecule has 10 nitrogen and oxygen atoms in total. The van der Waals surface area contributed by atoms with Crippen LogP contribution >= 0.6 is 11.6 Å². The summed E-state index contributed by atoms with van der Waals surface area (Å²) in [5.41, 5.74) is 2.81. The monoisotopic (exact) mass is 605 g/mol. The van der Waals surface area contributed by atoms with Crippen LogP contribution in [0.1, 0.15) is 39.1 Å². The van der Waals surface area contributed by atoms with Gasteiger partial charge in [0.15, 0.2) is 0 Å². The summed E-state index contributed by atoms with van der Waals surface area (Å²) < 4.78 is 5.41. The van der Waals surface area contributed by atoms with E-state index in [0.29, 0.717) is 36.9 Å². The van der Waals surface area contributed by atoms with E-state index in [1.807, 2.05) is 12.1 Å². The average Bonchev–Trinajstić information content (AvgIpc) is 3.02. The van der Waals surface area contributed by atoms with Gasteiger partial charge in [-0.05, 0) is 61.1 Å². The van der Waals surface area contributed by atoms with Gasteiger partial charge in [0.2, 0.25) is 0 Å². The van der Waals surface area contributed by atoms with Crippen LogP contribution in [0.5, 0.6) is 0 Å². The van der Waals surface area contributed by atoms with Gasteiger partial charge in [-0.1, -0.05) is 41.9 Å². The highest BCUT2D eigenvalue weighted by Gasteiger charge is 2.24. The van der Waals surface area contributed by atoms with E-state index in [0.717, 1.165) is 63.7 Å². The zero-order valence-electron chi connectivity index (χ0n) is 24.0. The smallest absolute Gasteiger partial charge is 0.288 e. The van der Waals surface area contributed by atoms with Gasteiger partial charge >= 0.3 is 0 Å². The van der Waals surface area contributed by atoms with Gasteiger partial charge in [-0.25, -0.2) is 0 Å². The molecule has 0 spiro atoms. The molecule has 2 saturated heterocycles. The maximum atomic E-state index is 13.5. The minimum atomic E-state index is -0.629. The van der Waals surface area contributed by atoms with Gasteiger partial charge in [0.05, 0.1) is 23.7 Å². The molecule has 226 valence electrons. The Kier molecular flexibility index (Phi) is 10.2. The van der Waals surface area contributed by atoms with Crippen molar-refractivity contribution in [3.63, 3.8) is 0 Å². The Hall–Kier alpha value is -3.99. The molecule has 0 radical (unpaired) electrons. The number of rotatable bonds is 10. The van der Waals surface area contributed by atoms with Crippen molar-refractivity contribution in [2.75, 3.05) is 62.7 Å². The third kappa shape index (κ3) is 8.10. The molecule has 2 heterocycles. The van der Waals surface area contributed by atoms with Gasteiger partial charge in [0, 0.05) is 62.3 Å². The number of hydrogen-bond donors (Lipinski definition) is 2. The maximum Gasteiger partial charge on any atom is 0.288 e. The van der Waals surface area contributed by atoms with Gasteiger partial charge in [0.25, 0.3) is 17.5 Å². The summed E-state index contributed by atoms with van der Waals surface area (Å²) in [4.78, 5) is 41.7. The number of nitrogens with one attached hydrogen (secondary N) is 2. The number of nitro benzene ring substituents is 1. The van der Waals surface area contributed by atoms with Crippen molar-refractivity contribution in [2.24, 2.45) is 5.92 Å². The van der Waals surface area contributed by atoms with Crippen LogP contribution in [0.15, 0.2) is 66.7 Å². The van der Waals surface area contributed by atoms with Crippen molar-refractivity contribution in [1.29, 1.82) is 0 Å². The molecule has 2 aliphatic heterocycles. The summed E-state index contributed by atoms with van der Waals surface area (Å²) in [6, 6.07) is 19.7. The highest BCUT2D eigenvalue weighted by molar-refractivity contribution is 6.32. The van der Waals surface area contributed by atoms with Crippen molar-refractivity contribution in [3.8, 4) is 0 Å². The molecule has 2 amide bonds. The van der Waals surface area contributed by atoms with Crippen molar-refractivity contribution >= 4 is 40.5 Å². The second-order valence-corrected chi connectivity index (χ2v) is 11.3. The number of carbonyl (C=O) groups is 2. The van der Waals surface area contributed by atoms with Crippen LogP contribution in [0.4, 0.5) is 17.1 Å². The summed E-state index contributed by atoms with van der Waals surface area (Å²) >= 11 is 5.91. The van der Waals surface area contributed by atoms with E-state index in [-0.39, 0.29) is 22.2 Å². The molecule has 0 aliphatic carbocycles. The number of benzene rings is 3. The number of halogens is 1. The second-order valence-electron chi connectivity index (χ2n) is 10.9. The minimum absolute atomic E-state index is 0.0468. The third-order valence-corrected chi connectivity index (χ3v) is 8.36. The van der Waals surface area contributed by atoms with E-state index in [4.69, 9.17) is 16.3 Å². The molecule has 0 unspecified atom stereocenters. The zero-order valence-corrected chi connectivity index (χ0v) is 24.7. The summed E-state index contributed by atoms with van der Waals surface area (Å²) in [6.07, 6.45) is 3.07. The van der Waals surface area contributed by atoms with Gasteiger partial charge in [-0.15, -0.1) is 0 Å². The Morgan fingerprint density at radius 2 is 1.70 bits per heavy atom. The molecule has 0 atom stereocenters. The first-order chi connectivity index (χ1) is 20.9. The molecule has 43 heavy (non-hydrogen) atoms. The molecule has 2 fully saturated rings. The number of anilines is 2. The molecular weight excluding hydrogens is 570 g/mol. The van der Waals surface area contributed by atoms with E-state index in [2.05, 4.69) is 44.7 Å². The van der Waals surface area contributed by atoms with Crippen LogP contribution in [0, 0.1) is 16.0 Å². The second kappa shape index (κ2) is 14.5. The number of amides is 2. The summed E-state index contributed by atoms with van der Waals surface area (Å²) in [6.45, 7) is 5.92. The van der Waals surface area contributed by atoms with Crippen LogP contribution in [0.3, 0.4) is 0 Å². The lowest BCUT2D eigenvalue weighted by Gasteiger charge is -2.35. The first kappa shape index (κ1) is 30.5. The maximum absolute atomic E-state index is 13.5. The lowest BCUT2D eigenvalue weighted by Crippen LogP contribution is -2.41. The van der Waals surface area contributed by atoms with Crippen LogP contribution < -0.4 is 15.5 Å². The van der Waals surface area contributed by atoms with E-state index in [1.54, 1.807) is 12.1 Å². The van der Waals surface area contributed by atoms with Crippen molar-refractivity contribution < 1.29 is 19.2 Å². The number of nitro groups is 1. The Morgan fingerprint density at radius 3 is 2.42 bits per heavy atom. The normalized spacial score (nSPS) is 16.1. The number of ether oxygens (including phenoxy) is 1. The molecule has 2 N–H and O–H groups in total. The number of nitrogens with zero attached hydrogens (tertiary/aromatic N) is 3. The standard InChI is InChI=1S/C32H36ClN5O5/c33-28-8-6-25(21-30(28)38(41)42)31(39)35-26-7-9-29(27(22-26)32(40)34-12-15-36-16-18-43-19-17-36)37-13-10-24(11-14-37)20-23-4-2-1-3-5-23/h1-9,21-22,24H,10-20H2,(H,34,40)(H,35,39). The molecule has 0 aromatic heterocycles. The quantitative estimate of drug-likeness (QED) is 0.246. The highest BCUT2D eigenvalue weighted by Crippen LogP contribution is 2.31. The van der Waals surface area contributed by atoms with Crippen molar-refractivity contribution in [3.05, 3.63) is 98.6 Å². The van der Waals surface area contributed by atoms with Gasteiger partial charge in [-0.3, -0.25) is 24.6 Å². The summed E-state index contributed by atoms with van der Waals surface area (Å²) in [5, 5.41) is 17.1. The predicted octanol–water partition coefficient (Wildman–Crippen LogP) is 5.02. The fraction of sp³-hybridized carbons (Fsp3) is 0.375. The van der Waals surface area contributed by atoms with Crippen LogP contribution in [0.25, 0.3) is 0 Å². The van der Waals surface area contributed by atoms with E-state index in [9.17, 15) is 19.7 Å². The first-order valence-corrected chi connectivity index (χ1v) is 15.0. The number of morpholine rings is 1. The molecule has 0 bridgehead atoms. The summed E-state index contributed by atoms with van der Waals surface area (Å²) in [5.74, 6) is -0.174. The third-order valence-electron chi connectivity index (χ3n) is 8.04. The van der Waals surface area contributed by atoms with Crippen molar-refractivity contribution in [2.45, 2.75) is 19.3 Å². The molecule has 11 heteroatoms. The lowest BCUT2D eigenvalue weighted by atomic mass is 9.89. The number of hydrogen-bond acceptors (Lipinski definition) is 7. The lowest BCUT2D eigenvalue weighted by molar-refractivity contribution is -0.384. The Balaban J connectivity index is 1.30.